The first-order chi connectivity index (χ1) is 15.5. The Balaban J connectivity index is 1.57. The van der Waals surface area contributed by atoms with Crippen LogP contribution in [0.3, 0.4) is 0 Å². The minimum absolute atomic E-state index is 0.207. The van der Waals surface area contributed by atoms with Crippen molar-refractivity contribution in [3.8, 4) is 17.1 Å². The molecule has 2 heterocycles. The second-order valence-electron chi connectivity index (χ2n) is 7.95. The molecule has 0 fully saturated rings. The molecule has 0 aliphatic rings. The standard InChI is InChI=1S/C24H26N4O4/c1-15(2)9-20(28-24(29)31-13-16-7-5-4-6-8-16)23-26-18-10-17(22-12-25-14-32-22)21(30-3)11-19(18)27-23/h4-8,10-12,14-15,20H,9,13H2,1-3H3,(H,26,27)(H,28,29)/t20-/m1/s1. The molecule has 8 heteroatoms. The zero-order chi connectivity index (χ0) is 22.5. The van der Waals surface area contributed by atoms with Crippen molar-refractivity contribution in [2.75, 3.05) is 7.11 Å². The van der Waals surface area contributed by atoms with Gasteiger partial charge >= 0.3 is 6.09 Å². The highest BCUT2D eigenvalue weighted by Crippen LogP contribution is 2.34. The van der Waals surface area contributed by atoms with Gasteiger partial charge in [0.05, 0.1) is 35.9 Å². The molecule has 1 atom stereocenters. The molecule has 32 heavy (non-hydrogen) atoms. The molecule has 0 saturated heterocycles. The Bertz CT molecular complexity index is 1170. The second-order valence-corrected chi connectivity index (χ2v) is 7.95. The SMILES string of the molecule is COc1cc2nc([C@@H](CC(C)C)NC(=O)OCc3ccccc3)[nH]c2cc1-c1cnco1. The van der Waals surface area contributed by atoms with Crippen molar-refractivity contribution < 1.29 is 18.7 Å². The van der Waals surface area contributed by atoms with Crippen molar-refractivity contribution in [3.63, 3.8) is 0 Å². The van der Waals surface area contributed by atoms with Crippen LogP contribution in [0.1, 0.15) is 37.7 Å². The van der Waals surface area contributed by atoms with Gasteiger partial charge in [0, 0.05) is 6.07 Å². The fourth-order valence-electron chi connectivity index (χ4n) is 3.55. The van der Waals surface area contributed by atoms with E-state index in [9.17, 15) is 4.79 Å². The van der Waals surface area contributed by atoms with Crippen LogP contribution in [-0.2, 0) is 11.3 Å². The number of H-pyrrole nitrogens is 1. The second kappa shape index (κ2) is 9.55. The first-order valence-corrected chi connectivity index (χ1v) is 10.5. The van der Waals surface area contributed by atoms with Gasteiger partial charge in [-0.25, -0.2) is 14.8 Å². The average molecular weight is 434 g/mol. The summed E-state index contributed by atoms with van der Waals surface area (Å²) in [6.45, 7) is 4.40. The van der Waals surface area contributed by atoms with Gasteiger partial charge in [0.25, 0.3) is 0 Å². The lowest BCUT2D eigenvalue weighted by Gasteiger charge is -2.18. The highest BCUT2D eigenvalue weighted by molar-refractivity contribution is 5.85. The summed E-state index contributed by atoms with van der Waals surface area (Å²) >= 11 is 0. The zero-order valence-corrected chi connectivity index (χ0v) is 18.3. The summed E-state index contributed by atoms with van der Waals surface area (Å²) in [5.74, 6) is 2.22. The smallest absolute Gasteiger partial charge is 0.408 e. The molecule has 0 saturated carbocycles. The van der Waals surface area contributed by atoms with Crippen molar-refractivity contribution in [1.82, 2.24) is 20.3 Å². The van der Waals surface area contributed by atoms with Gasteiger partial charge < -0.3 is 24.2 Å². The number of alkyl carbamates (subject to hydrolysis) is 1. The fraction of sp³-hybridized carbons (Fsp3) is 0.292. The van der Waals surface area contributed by atoms with Gasteiger partial charge in [-0.2, -0.15) is 0 Å². The Kier molecular flexibility index (Phi) is 6.39. The summed E-state index contributed by atoms with van der Waals surface area (Å²) in [5.41, 5.74) is 3.23. The van der Waals surface area contributed by atoms with E-state index in [0.29, 0.717) is 29.7 Å². The number of ether oxygens (including phenoxy) is 2. The van der Waals surface area contributed by atoms with Crippen molar-refractivity contribution >= 4 is 17.1 Å². The monoisotopic (exact) mass is 434 g/mol. The minimum atomic E-state index is -0.486. The number of oxazole rings is 1. The molecule has 0 aliphatic carbocycles. The molecule has 0 unspecified atom stereocenters. The van der Waals surface area contributed by atoms with Crippen LogP contribution in [0, 0.1) is 5.92 Å². The summed E-state index contributed by atoms with van der Waals surface area (Å²) in [6, 6.07) is 13.0. The molecule has 8 nitrogen and oxygen atoms in total. The number of amides is 1. The molecule has 0 aliphatic heterocycles. The van der Waals surface area contributed by atoms with Crippen LogP contribution in [0.15, 0.2) is 59.5 Å². The lowest BCUT2D eigenvalue weighted by Crippen LogP contribution is -2.30. The number of nitrogens with zero attached hydrogens (tertiary/aromatic N) is 2. The van der Waals surface area contributed by atoms with E-state index in [2.05, 4.69) is 29.1 Å². The van der Waals surface area contributed by atoms with Crippen LogP contribution >= 0.6 is 0 Å². The molecule has 4 aromatic rings. The van der Waals surface area contributed by atoms with Gasteiger partial charge in [-0.1, -0.05) is 44.2 Å². The summed E-state index contributed by atoms with van der Waals surface area (Å²) in [4.78, 5) is 24.5. The maximum absolute atomic E-state index is 12.5. The van der Waals surface area contributed by atoms with Crippen LogP contribution < -0.4 is 10.1 Å². The van der Waals surface area contributed by atoms with E-state index in [1.54, 1.807) is 13.3 Å². The molecule has 0 bridgehead atoms. The van der Waals surface area contributed by atoms with E-state index < -0.39 is 6.09 Å². The van der Waals surface area contributed by atoms with E-state index in [0.717, 1.165) is 22.2 Å². The molecular formula is C24H26N4O4. The maximum Gasteiger partial charge on any atom is 0.408 e. The number of rotatable bonds is 8. The van der Waals surface area contributed by atoms with E-state index in [1.165, 1.54) is 6.39 Å². The normalized spacial score (nSPS) is 12.1. The van der Waals surface area contributed by atoms with Gasteiger partial charge in [0.2, 0.25) is 0 Å². The van der Waals surface area contributed by atoms with Crippen LogP contribution in [0.5, 0.6) is 5.75 Å². The number of aromatic nitrogens is 3. The van der Waals surface area contributed by atoms with Crippen molar-refractivity contribution in [2.45, 2.75) is 32.9 Å². The van der Waals surface area contributed by atoms with E-state index in [4.69, 9.17) is 18.9 Å². The number of imidazole rings is 1. The van der Waals surface area contributed by atoms with Gasteiger partial charge in [-0.05, 0) is 24.0 Å². The topological polar surface area (TPSA) is 102 Å². The Labute approximate surface area is 186 Å². The van der Waals surface area contributed by atoms with E-state index in [-0.39, 0.29) is 12.6 Å². The number of carbonyl (C=O) groups excluding carboxylic acids is 1. The molecule has 2 aromatic carbocycles. The van der Waals surface area contributed by atoms with Crippen molar-refractivity contribution in [2.24, 2.45) is 5.92 Å². The molecule has 4 rings (SSSR count). The molecule has 0 radical (unpaired) electrons. The lowest BCUT2D eigenvalue weighted by molar-refractivity contribution is 0.134. The number of hydrogen-bond donors (Lipinski definition) is 2. The number of methoxy groups -OCH3 is 1. The average Bonchev–Trinajstić information content (AvgIpc) is 3.46. The number of fused-ring (bicyclic) bond motifs is 1. The number of carbonyl (C=O) groups is 1. The number of hydrogen-bond acceptors (Lipinski definition) is 6. The van der Waals surface area contributed by atoms with Gasteiger partial charge in [-0.3, -0.25) is 0 Å². The van der Waals surface area contributed by atoms with Crippen LogP contribution in [0.2, 0.25) is 0 Å². The molecule has 2 aromatic heterocycles. The third-order valence-corrected chi connectivity index (χ3v) is 5.06. The summed E-state index contributed by atoms with van der Waals surface area (Å²) < 4.78 is 16.4. The molecule has 1 amide bonds. The van der Waals surface area contributed by atoms with Crippen LogP contribution in [-0.4, -0.2) is 28.2 Å². The van der Waals surface area contributed by atoms with Crippen molar-refractivity contribution in [3.05, 3.63) is 66.4 Å². The predicted molar refractivity (Wildman–Crippen MR) is 120 cm³/mol. The number of aromatic amines is 1. The Hall–Kier alpha value is -3.81. The number of benzene rings is 2. The van der Waals surface area contributed by atoms with E-state index >= 15 is 0 Å². The minimum Gasteiger partial charge on any atom is -0.496 e. The van der Waals surface area contributed by atoms with Crippen LogP contribution in [0.25, 0.3) is 22.4 Å². The summed E-state index contributed by atoms with van der Waals surface area (Å²) in [6.07, 6.45) is 3.22. The summed E-state index contributed by atoms with van der Waals surface area (Å²) in [7, 11) is 1.60. The highest BCUT2D eigenvalue weighted by atomic mass is 16.5. The fourth-order valence-corrected chi connectivity index (χ4v) is 3.55. The van der Waals surface area contributed by atoms with Crippen molar-refractivity contribution in [1.29, 1.82) is 0 Å². The lowest BCUT2D eigenvalue weighted by atomic mass is 10.0. The predicted octanol–water partition coefficient (Wildman–Crippen LogP) is 5.24. The molecule has 0 spiro atoms. The molecular weight excluding hydrogens is 408 g/mol. The van der Waals surface area contributed by atoms with E-state index in [1.807, 2.05) is 42.5 Å². The van der Waals surface area contributed by atoms with Gasteiger partial charge in [-0.15, -0.1) is 0 Å². The zero-order valence-electron chi connectivity index (χ0n) is 18.3. The highest BCUT2D eigenvalue weighted by Gasteiger charge is 2.22. The summed E-state index contributed by atoms with van der Waals surface area (Å²) in [5, 5.41) is 2.95. The molecule has 166 valence electrons. The Morgan fingerprint density at radius 2 is 2.03 bits per heavy atom. The molecule has 2 N–H and O–H groups in total. The first-order valence-electron chi connectivity index (χ1n) is 10.5. The third kappa shape index (κ3) is 4.91. The Morgan fingerprint density at radius 3 is 2.72 bits per heavy atom. The van der Waals surface area contributed by atoms with Crippen LogP contribution in [0.4, 0.5) is 4.79 Å². The van der Waals surface area contributed by atoms with Gasteiger partial charge in [0.1, 0.15) is 18.2 Å². The Morgan fingerprint density at radius 1 is 1.22 bits per heavy atom. The third-order valence-electron chi connectivity index (χ3n) is 5.06. The quantitative estimate of drug-likeness (QED) is 0.393. The number of nitrogens with one attached hydrogen (secondary N) is 2. The largest absolute Gasteiger partial charge is 0.496 e. The maximum atomic E-state index is 12.5. The first kappa shape index (κ1) is 21.4. The van der Waals surface area contributed by atoms with Gasteiger partial charge in [0.15, 0.2) is 12.2 Å².